The monoisotopic (exact) mass is 365 g/mol. The van der Waals surface area contributed by atoms with Crippen molar-refractivity contribution < 1.29 is 14.2 Å². The molecule has 2 N–H and O–H groups in total. The molecule has 3 atom stereocenters. The molecular weight excluding hydrogens is 333 g/mol. The Morgan fingerprint density at radius 2 is 1.88 bits per heavy atom. The molecule has 1 aliphatic heterocycles. The highest BCUT2D eigenvalue weighted by Gasteiger charge is 2.31. The third-order valence-corrected chi connectivity index (χ3v) is 7.59. The second kappa shape index (κ2) is 8.81. The van der Waals surface area contributed by atoms with Crippen molar-refractivity contribution in [2.24, 2.45) is 5.92 Å². The maximum Gasteiger partial charge on any atom is 0.203 e. The van der Waals surface area contributed by atoms with Crippen LogP contribution in [0.5, 0.6) is 0 Å². The van der Waals surface area contributed by atoms with Crippen molar-refractivity contribution in [1.29, 1.82) is 0 Å². The minimum atomic E-state index is -3.09. The first-order valence-electron chi connectivity index (χ1n) is 9.71. The van der Waals surface area contributed by atoms with Gasteiger partial charge in [-0.05, 0) is 37.7 Å². The van der Waals surface area contributed by atoms with Crippen molar-refractivity contribution in [3.8, 4) is 0 Å². The number of aryl methyl sites for hydroxylation is 1. The van der Waals surface area contributed by atoms with Crippen molar-refractivity contribution in [2.75, 3.05) is 25.5 Å². The predicted molar refractivity (Wildman–Crippen MR) is 103 cm³/mol. The number of nitrogens with one attached hydrogen (secondary N) is 1. The zero-order valence-corrected chi connectivity index (χ0v) is 16.2. The van der Waals surface area contributed by atoms with Crippen LogP contribution in [0.1, 0.15) is 43.2 Å². The first-order valence-corrected chi connectivity index (χ1v) is 11.7. The van der Waals surface area contributed by atoms with E-state index in [1.165, 1.54) is 30.4 Å². The standard InChI is InChI=1S/C20H32NO3P/c1-16-7-9-17(10-8-16)11-19-13-24-20(12-21-19)15-25(22,23)14-18-5-3-2-4-6-18/h7-10,18-21H,2-6,11-15H2,1H3,(H,22,23). The summed E-state index contributed by atoms with van der Waals surface area (Å²) >= 11 is 0. The van der Waals surface area contributed by atoms with Gasteiger partial charge in [0, 0.05) is 18.7 Å². The topological polar surface area (TPSA) is 58.6 Å². The summed E-state index contributed by atoms with van der Waals surface area (Å²) in [4.78, 5) is 10.4. The SMILES string of the molecule is Cc1ccc(CC2COC(CP(=O)(O)CC3CCCCC3)CN2)cc1. The number of rotatable bonds is 6. The highest BCUT2D eigenvalue weighted by molar-refractivity contribution is 7.58. The molecule has 0 amide bonds. The number of ether oxygens (including phenoxy) is 1. The van der Waals surface area contributed by atoms with Gasteiger partial charge in [0.05, 0.1) is 18.9 Å². The van der Waals surface area contributed by atoms with E-state index in [2.05, 4.69) is 36.5 Å². The van der Waals surface area contributed by atoms with Gasteiger partial charge in [0.25, 0.3) is 0 Å². The molecule has 1 aromatic rings. The molecule has 25 heavy (non-hydrogen) atoms. The van der Waals surface area contributed by atoms with E-state index in [0.29, 0.717) is 31.4 Å². The Hall–Kier alpha value is -0.670. The maximum atomic E-state index is 12.6. The van der Waals surface area contributed by atoms with E-state index >= 15 is 0 Å². The fourth-order valence-electron chi connectivity index (χ4n) is 4.09. The molecule has 4 nitrogen and oxygen atoms in total. The lowest BCUT2D eigenvalue weighted by molar-refractivity contribution is 0.0162. The molecule has 1 saturated carbocycles. The van der Waals surface area contributed by atoms with Gasteiger partial charge in [0.1, 0.15) is 0 Å². The van der Waals surface area contributed by atoms with Crippen molar-refractivity contribution in [3.63, 3.8) is 0 Å². The van der Waals surface area contributed by atoms with E-state index in [9.17, 15) is 9.46 Å². The third-order valence-electron chi connectivity index (χ3n) is 5.53. The molecule has 2 aliphatic rings. The van der Waals surface area contributed by atoms with Gasteiger partial charge in [-0.1, -0.05) is 49.1 Å². The van der Waals surface area contributed by atoms with E-state index in [1.807, 2.05) is 0 Å². The Labute approximate surface area is 151 Å². The molecule has 1 saturated heterocycles. The summed E-state index contributed by atoms with van der Waals surface area (Å²) in [5, 5.41) is 3.50. The summed E-state index contributed by atoms with van der Waals surface area (Å²) in [5.41, 5.74) is 2.57. The molecule has 1 aliphatic carbocycles. The summed E-state index contributed by atoms with van der Waals surface area (Å²) in [6, 6.07) is 8.88. The van der Waals surface area contributed by atoms with Crippen LogP contribution in [0.25, 0.3) is 0 Å². The number of hydrogen-bond acceptors (Lipinski definition) is 3. The quantitative estimate of drug-likeness (QED) is 0.754. The van der Waals surface area contributed by atoms with Crippen LogP contribution >= 0.6 is 7.37 Å². The minimum absolute atomic E-state index is 0.131. The van der Waals surface area contributed by atoms with Crippen molar-refractivity contribution in [1.82, 2.24) is 5.32 Å². The van der Waals surface area contributed by atoms with Crippen LogP contribution in [0.15, 0.2) is 24.3 Å². The van der Waals surface area contributed by atoms with Gasteiger partial charge in [0.15, 0.2) is 0 Å². The van der Waals surface area contributed by atoms with E-state index in [0.717, 1.165) is 19.3 Å². The summed E-state index contributed by atoms with van der Waals surface area (Å²) in [6.07, 6.45) is 7.54. The van der Waals surface area contributed by atoms with Gasteiger partial charge < -0.3 is 14.9 Å². The highest BCUT2D eigenvalue weighted by Crippen LogP contribution is 2.46. The van der Waals surface area contributed by atoms with E-state index in [-0.39, 0.29) is 12.1 Å². The molecular formula is C20H32NO3P. The second-order valence-corrected chi connectivity index (χ2v) is 10.4. The molecule has 140 valence electrons. The van der Waals surface area contributed by atoms with Gasteiger partial charge >= 0.3 is 0 Å². The molecule has 0 aromatic heterocycles. The average Bonchev–Trinajstić information content (AvgIpc) is 2.59. The van der Waals surface area contributed by atoms with Gasteiger partial charge in [-0.3, -0.25) is 4.57 Å². The lowest BCUT2D eigenvalue weighted by atomic mass is 9.91. The van der Waals surface area contributed by atoms with Crippen LogP contribution in [0, 0.1) is 12.8 Å². The van der Waals surface area contributed by atoms with Crippen molar-refractivity contribution in [2.45, 2.75) is 57.6 Å². The summed E-state index contributed by atoms with van der Waals surface area (Å²) in [5.74, 6) is 0.440. The molecule has 0 bridgehead atoms. The van der Waals surface area contributed by atoms with Crippen LogP contribution in [-0.4, -0.2) is 42.5 Å². The molecule has 1 aromatic carbocycles. The summed E-state index contributed by atoms with van der Waals surface area (Å²) < 4.78 is 18.5. The van der Waals surface area contributed by atoms with Gasteiger partial charge in [-0.15, -0.1) is 0 Å². The molecule has 3 rings (SSSR count). The van der Waals surface area contributed by atoms with Crippen LogP contribution in [0.2, 0.25) is 0 Å². The normalized spacial score (nSPS) is 27.8. The smallest absolute Gasteiger partial charge is 0.203 e. The Morgan fingerprint density at radius 3 is 2.52 bits per heavy atom. The Kier molecular flexibility index (Phi) is 6.73. The maximum absolute atomic E-state index is 12.6. The van der Waals surface area contributed by atoms with E-state index in [1.54, 1.807) is 0 Å². The zero-order valence-electron chi connectivity index (χ0n) is 15.3. The summed E-state index contributed by atoms with van der Waals surface area (Å²) in [6.45, 7) is 3.38. The first kappa shape index (κ1) is 19.1. The minimum Gasteiger partial charge on any atom is -0.375 e. The van der Waals surface area contributed by atoms with Crippen LogP contribution in [0.3, 0.4) is 0 Å². The summed E-state index contributed by atoms with van der Waals surface area (Å²) in [7, 11) is -3.09. The Balaban J connectivity index is 1.42. The zero-order chi connectivity index (χ0) is 17.7. The largest absolute Gasteiger partial charge is 0.375 e. The van der Waals surface area contributed by atoms with E-state index in [4.69, 9.17) is 4.74 Å². The van der Waals surface area contributed by atoms with Gasteiger partial charge in [-0.2, -0.15) is 0 Å². The Morgan fingerprint density at radius 1 is 1.16 bits per heavy atom. The third kappa shape index (κ3) is 6.21. The first-order chi connectivity index (χ1) is 12.0. The molecule has 2 fully saturated rings. The molecule has 5 heteroatoms. The highest BCUT2D eigenvalue weighted by atomic mass is 31.2. The molecule has 1 heterocycles. The lowest BCUT2D eigenvalue weighted by Gasteiger charge is -2.32. The lowest BCUT2D eigenvalue weighted by Crippen LogP contribution is -2.48. The fourth-order valence-corrected chi connectivity index (χ4v) is 6.28. The molecule has 3 unspecified atom stereocenters. The van der Waals surface area contributed by atoms with Crippen molar-refractivity contribution >= 4 is 7.37 Å². The number of morpholine rings is 1. The number of benzene rings is 1. The van der Waals surface area contributed by atoms with Crippen molar-refractivity contribution in [3.05, 3.63) is 35.4 Å². The van der Waals surface area contributed by atoms with Gasteiger partial charge in [0.2, 0.25) is 7.37 Å². The van der Waals surface area contributed by atoms with Crippen LogP contribution in [0.4, 0.5) is 0 Å². The number of hydrogen-bond donors (Lipinski definition) is 2. The van der Waals surface area contributed by atoms with Crippen LogP contribution < -0.4 is 5.32 Å². The van der Waals surface area contributed by atoms with E-state index < -0.39 is 7.37 Å². The molecule has 0 radical (unpaired) electrons. The molecule has 0 spiro atoms. The fraction of sp³-hybridized carbons (Fsp3) is 0.700. The van der Waals surface area contributed by atoms with Crippen LogP contribution in [-0.2, 0) is 15.7 Å². The second-order valence-electron chi connectivity index (χ2n) is 7.97. The van der Waals surface area contributed by atoms with Gasteiger partial charge in [-0.25, -0.2) is 0 Å². The average molecular weight is 365 g/mol. The Bertz CT molecular complexity index is 575. The predicted octanol–water partition coefficient (Wildman–Crippen LogP) is 3.75.